The Hall–Kier alpha value is -2.86. The average molecular weight is 324 g/mol. The Morgan fingerprint density at radius 2 is 1.61 bits per heavy atom. The van der Waals surface area contributed by atoms with Crippen molar-refractivity contribution in [2.45, 2.75) is 0 Å². The minimum absolute atomic E-state index is 0.0911. The second-order valence-electron chi connectivity index (χ2n) is 4.78. The second-order valence-corrected chi connectivity index (χ2v) is 5.80. The van der Waals surface area contributed by atoms with Gasteiger partial charge in [-0.2, -0.15) is 0 Å². The van der Waals surface area contributed by atoms with Crippen LogP contribution in [0.5, 0.6) is 0 Å². The van der Waals surface area contributed by atoms with E-state index in [9.17, 15) is 14.4 Å². The van der Waals surface area contributed by atoms with Crippen LogP contribution < -0.4 is 10.6 Å². The van der Waals surface area contributed by atoms with Crippen molar-refractivity contribution in [3.8, 4) is 11.1 Å². The van der Waals surface area contributed by atoms with E-state index >= 15 is 0 Å². The molecule has 5 nitrogen and oxygen atoms in total. The van der Waals surface area contributed by atoms with Crippen molar-refractivity contribution < 1.29 is 14.4 Å². The third kappa shape index (κ3) is 3.67. The molecular formula is C17H12N2O3S. The van der Waals surface area contributed by atoms with Crippen molar-refractivity contribution >= 4 is 34.5 Å². The minimum atomic E-state index is -0.547. The maximum Gasteiger partial charge on any atom is 0.290 e. The van der Waals surface area contributed by atoms with Crippen LogP contribution in [0.3, 0.4) is 0 Å². The molecule has 2 aromatic rings. The summed E-state index contributed by atoms with van der Waals surface area (Å²) in [4.78, 5) is 34.4. The van der Waals surface area contributed by atoms with Crippen LogP contribution in [0.2, 0.25) is 0 Å². The maximum absolute atomic E-state index is 11.9. The van der Waals surface area contributed by atoms with Gasteiger partial charge < -0.3 is 5.32 Å². The summed E-state index contributed by atoms with van der Waals surface area (Å²) in [5.74, 6) is -1.00. The van der Waals surface area contributed by atoms with Crippen molar-refractivity contribution in [1.29, 1.82) is 0 Å². The van der Waals surface area contributed by atoms with E-state index in [0.29, 0.717) is 17.4 Å². The molecule has 2 N–H and O–H groups in total. The second kappa shape index (κ2) is 6.50. The van der Waals surface area contributed by atoms with Crippen molar-refractivity contribution in [2.75, 3.05) is 5.32 Å². The molecule has 1 aliphatic rings. The number of amides is 3. The van der Waals surface area contributed by atoms with Crippen LogP contribution in [0.1, 0.15) is 0 Å². The van der Waals surface area contributed by atoms with E-state index in [1.165, 1.54) is 0 Å². The van der Waals surface area contributed by atoms with Gasteiger partial charge in [0, 0.05) is 11.8 Å². The van der Waals surface area contributed by atoms with Crippen molar-refractivity contribution in [3.05, 3.63) is 65.6 Å². The number of rotatable bonds is 3. The summed E-state index contributed by atoms with van der Waals surface area (Å²) in [5.41, 5.74) is 2.74. The molecule has 6 heteroatoms. The van der Waals surface area contributed by atoms with E-state index in [2.05, 4.69) is 10.6 Å². The first-order chi connectivity index (χ1) is 11.1. The van der Waals surface area contributed by atoms with Gasteiger partial charge in [-0.3, -0.25) is 19.7 Å². The molecule has 0 radical (unpaired) electrons. The Morgan fingerprint density at radius 3 is 2.22 bits per heavy atom. The molecule has 0 aliphatic carbocycles. The van der Waals surface area contributed by atoms with Crippen LogP contribution >= 0.6 is 11.8 Å². The molecule has 23 heavy (non-hydrogen) atoms. The quantitative estimate of drug-likeness (QED) is 0.851. The first-order valence-corrected chi connectivity index (χ1v) is 7.65. The summed E-state index contributed by atoms with van der Waals surface area (Å²) in [5, 5.41) is 4.29. The highest BCUT2D eigenvalue weighted by Crippen LogP contribution is 2.23. The molecular weight excluding hydrogens is 312 g/mol. The first-order valence-electron chi connectivity index (χ1n) is 6.83. The predicted octanol–water partition coefficient (Wildman–Crippen LogP) is 3.16. The third-order valence-electron chi connectivity index (χ3n) is 3.16. The van der Waals surface area contributed by atoms with Gasteiger partial charge in [0.2, 0.25) is 5.91 Å². The summed E-state index contributed by atoms with van der Waals surface area (Å²) >= 11 is 0.713. The number of thioether (sulfide) groups is 1. The first kappa shape index (κ1) is 15.1. The van der Waals surface area contributed by atoms with Gasteiger partial charge >= 0.3 is 0 Å². The van der Waals surface area contributed by atoms with Crippen LogP contribution in [-0.4, -0.2) is 17.1 Å². The van der Waals surface area contributed by atoms with Crippen molar-refractivity contribution in [3.63, 3.8) is 0 Å². The highest BCUT2D eigenvalue weighted by molar-refractivity contribution is 8.18. The number of imide groups is 1. The summed E-state index contributed by atoms with van der Waals surface area (Å²) in [6, 6.07) is 17.3. The van der Waals surface area contributed by atoms with E-state index in [4.69, 9.17) is 0 Å². The summed E-state index contributed by atoms with van der Waals surface area (Å²) in [6.45, 7) is 0. The van der Waals surface area contributed by atoms with Crippen LogP contribution in [0.4, 0.5) is 10.5 Å². The lowest BCUT2D eigenvalue weighted by atomic mass is 10.1. The molecule has 1 aliphatic heterocycles. The normalized spacial score (nSPS) is 15.6. The molecule has 0 unspecified atom stereocenters. The number of carbonyl (C=O) groups excluding carboxylic acids is 3. The molecule has 0 spiro atoms. The summed E-state index contributed by atoms with van der Waals surface area (Å²) in [7, 11) is 0. The summed E-state index contributed by atoms with van der Waals surface area (Å²) < 4.78 is 0. The van der Waals surface area contributed by atoms with Crippen molar-refractivity contribution in [2.24, 2.45) is 0 Å². The third-order valence-corrected chi connectivity index (χ3v) is 3.97. The number of hydrogen-bond donors (Lipinski definition) is 2. The van der Waals surface area contributed by atoms with Gasteiger partial charge in [-0.1, -0.05) is 42.5 Å². The van der Waals surface area contributed by atoms with Crippen molar-refractivity contribution in [1.82, 2.24) is 5.32 Å². The smallest absolute Gasteiger partial charge is 0.290 e. The van der Waals surface area contributed by atoms with Gasteiger partial charge in [0.05, 0.1) is 4.91 Å². The average Bonchev–Trinajstić information content (AvgIpc) is 2.86. The highest BCUT2D eigenvalue weighted by Gasteiger charge is 2.25. The molecule has 3 rings (SSSR count). The van der Waals surface area contributed by atoms with E-state index < -0.39 is 17.1 Å². The maximum atomic E-state index is 11.9. The monoisotopic (exact) mass is 324 g/mol. The zero-order chi connectivity index (χ0) is 16.2. The van der Waals surface area contributed by atoms with Gasteiger partial charge in [-0.05, 0) is 35.0 Å². The van der Waals surface area contributed by atoms with Gasteiger partial charge in [-0.25, -0.2) is 0 Å². The molecule has 0 aromatic heterocycles. The molecule has 1 heterocycles. The molecule has 3 amide bonds. The molecule has 1 fully saturated rings. The fourth-order valence-corrected chi connectivity index (χ4v) is 2.75. The standard InChI is InChI=1S/C17H12N2O3S/c20-15(10-14-16(21)19-17(22)23-14)18-13-8-6-12(7-9-13)11-4-2-1-3-5-11/h1-10H,(H,18,20)(H,19,21,22)/b14-10-. The summed E-state index contributed by atoms with van der Waals surface area (Å²) in [6.07, 6.45) is 1.12. The Labute approximate surface area is 136 Å². The lowest BCUT2D eigenvalue weighted by Gasteiger charge is -2.05. The Balaban J connectivity index is 1.69. The minimum Gasteiger partial charge on any atom is -0.322 e. The molecule has 114 valence electrons. The fraction of sp³-hybridized carbons (Fsp3) is 0. The predicted molar refractivity (Wildman–Crippen MR) is 89.7 cm³/mol. The topological polar surface area (TPSA) is 75.3 Å². The molecule has 0 atom stereocenters. The van der Waals surface area contributed by atoms with Crippen LogP contribution in [0.25, 0.3) is 11.1 Å². The van der Waals surface area contributed by atoms with Crippen LogP contribution in [0, 0.1) is 0 Å². The van der Waals surface area contributed by atoms with E-state index in [1.807, 2.05) is 42.5 Å². The fourth-order valence-electron chi connectivity index (χ4n) is 2.10. The van der Waals surface area contributed by atoms with Gasteiger partial charge in [0.1, 0.15) is 0 Å². The van der Waals surface area contributed by atoms with E-state index in [0.717, 1.165) is 17.2 Å². The number of nitrogens with one attached hydrogen (secondary N) is 2. The zero-order valence-corrected chi connectivity index (χ0v) is 12.7. The SMILES string of the molecule is O=C(/C=C1\SC(=O)NC1=O)Nc1ccc(-c2ccccc2)cc1. The molecule has 2 aromatic carbocycles. The lowest BCUT2D eigenvalue weighted by molar-refractivity contribution is -0.116. The number of carbonyl (C=O) groups is 3. The molecule has 0 saturated carbocycles. The molecule has 1 saturated heterocycles. The molecule has 0 bridgehead atoms. The van der Waals surface area contributed by atoms with Gasteiger partial charge in [-0.15, -0.1) is 0 Å². The number of benzene rings is 2. The van der Waals surface area contributed by atoms with Crippen LogP contribution in [-0.2, 0) is 9.59 Å². The van der Waals surface area contributed by atoms with Gasteiger partial charge in [0.15, 0.2) is 0 Å². The highest BCUT2D eigenvalue weighted by atomic mass is 32.2. The Morgan fingerprint density at radius 1 is 0.957 bits per heavy atom. The number of anilines is 1. The Kier molecular flexibility index (Phi) is 4.25. The van der Waals surface area contributed by atoms with E-state index in [-0.39, 0.29) is 4.91 Å². The largest absolute Gasteiger partial charge is 0.322 e. The Bertz CT molecular complexity index is 798. The van der Waals surface area contributed by atoms with E-state index in [1.54, 1.807) is 12.1 Å². The van der Waals surface area contributed by atoms with Gasteiger partial charge in [0.25, 0.3) is 11.1 Å². The lowest BCUT2D eigenvalue weighted by Crippen LogP contribution is -2.18. The zero-order valence-electron chi connectivity index (χ0n) is 11.9. The number of hydrogen-bond acceptors (Lipinski definition) is 4. The van der Waals surface area contributed by atoms with Crippen LogP contribution in [0.15, 0.2) is 65.6 Å².